The number of rotatable bonds is 8. The summed E-state index contributed by atoms with van der Waals surface area (Å²) in [6.07, 6.45) is 3.15. The minimum Gasteiger partial charge on any atom is -0.393 e. The molecule has 2 aromatic carbocycles. The van der Waals surface area contributed by atoms with Crippen LogP contribution in [0.5, 0.6) is 0 Å². The highest BCUT2D eigenvalue weighted by molar-refractivity contribution is 7.21. The number of piperidine rings is 1. The van der Waals surface area contributed by atoms with Crippen molar-refractivity contribution in [3.05, 3.63) is 84.7 Å². The number of pyridine rings is 1. The van der Waals surface area contributed by atoms with E-state index in [2.05, 4.69) is 25.5 Å². The third-order valence-corrected chi connectivity index (χ3v) is 7.87. The van der Waals surface area contributed by atoms with Crippen LogP contribution in [0.1, 0.15) is 23.3 Å². The van der Waals surface area contributed by atoms with E-state index in [0.717, 1.165) is 59.0 Å². The van der Waals surface area contributed by atoms with Gasteiger partial charge in [0.1, 0.15) is 26.9 Å². The number of thiazole rings is 1. The first-order valence-electron chi connectivity index (χ1n) is 13.3. The molecule has 0 unspecified atom stereocenters. The summed E-state index contributed by atoms with van der Waals surface area (Å²) in [6.45, 7) is 3.24. The second kappa shape index (κ2) is 13.1. The zero-order valence-electron chi connectivity index (χ0n) is 22.2. The SMILES string of the molecule is Cl.O=C(Nc1ccccc1-c1nc2cccnc2s1)c1cc(NCCN2CCC(O)CC2)nc(-c2ccccc2)n1. The van der Waals surface area contributed by atoms with Gasteiger partial charge in [0, 0.05) is 49.6 Å². The van der Waals surface area contributed by atoms with Crippen molar-refractivity contribution in [2.24, 2.45) is 0 Å². The van der Waals surface area contributed by atoms with Crippen LogP contribution in [0.3, 0.4) is 0 Å². The van der Waals surface area contributed by atoms with Gasteiger partial charge in [0.05, 0.1) is 11.8 Å². The Kier molecular flexibility index (Phi) is 9.15. The number of amides is 1. The fourth-order valence-electron chi connectivity index (χ4n) is 4.71. The first-order valence-corrected chi connectivity index (χ1v) is 14.1. The molecule has 1 saturated heterocycles. The van der Waals surface area contributed by atoms with Crippen molar-refractivity contribution in [1.82, 2.24) is 24.8 Å². The molecule has 41 heavy (non-hydrogen) atoms. The maximum atomic E-state index is 13.6. The highest BCUT2D eigenvalue weighted by Gasteiger charge is 2.18. The van der Waals surface area contributed by atoms with Crippen molar-refractivity contribution >= 4 is 51.5 Å². The van der Waals surface area contributed by atoms with Crippen LogP contribution in [0.2, 0.25) is 0 Å². The molecule has 0 aliphatic carbocycles. The number of aliphatic hydroxyl groups excluding tert-OH is 1. The lowest BCUT2D eigenvalue weighted by Gasteiger charge is -2.29. The Morgan fingerprint density at radius 1 is 0.976 bits per heavy atom. The second-order valence-electron chi connectivity index (χ2n) is 9.67. The van der Waals surface area contributed by atoms with Gasteiger partial charge in [-0.15, -0.1) is 12.4 Å². The summed E-state index contributed by atoms with van der Waals surface area (Å²) in [4.78, 5) is 35.2. The molecule has 210 valence electrons. The van der Waals surface area contributed by atoms with Crippen LogP contribution < -0.4 is 10.6 Å². The molecule has 1 aliphatic rings. The number of aromatic nitrogens is 4. The number of nitrogens with zero attached hydrogens (tertiary/aromatic N) is 5. The molecule has 4 heterocycles. The van der Waals surface area contributed by atoms with E-state index in [0.29, 0.717) is 23.9 Å². The molecule has 3 N–H and O–H groups in total. The fraction of sp³-hybridized carbons (Fsp3) is 0.233. The van der Waals surface area contributed by atoms with Gasteiger partial charge in [-0.3, -0.25) is 4.79 Å². The van der Waals surface area contributed by atoms with Crippen LogP contribution in [0, 0.1) is 0 Å². The fourth-order valence-corrected chi connectivity index (χ4v) is 5.65. The van der Waals surface area contributed by atoms with Gasteiger partial charge in [-0.2, -0.15) is 0 Å². The van der Waals surface area contributed by atoms with E-state index >= 15 is 0 Å². The summed E-state index contributed by atoms with van der Waals surface area (Å²) < 4.78 is 0. The number of nitrogens with one attached hydrogen (secondary N) is 2. The summed E-state index contributed by atoms with van der Waals surface area (Å²) in [5, 5.41) is 17.0. The number of anilines is 2. The van der Waals surface area contributed by atoms with Crippen LogP contribution in [0.15, 0.2) is 79.0 Å². The first-order chi connectivity index (χ1) is 19.6. The molecular formula is C30H30ClN7O2S. The van der Waals surface area contributed by atoms with Gasteiger partial charge in [0.2, 0.25) is 0 Å². The number of benzene rings is 2. The van der Waals surface area contributed by atoms with Crippen LogP contribution in [0.4, 0.5) is 11.5 Å². The van der Waals surface area contributed by atoms with Crippen LogP contribution >= 0.6 is 23.7 Å². The molecule has 11 heteroatoms. The molecule has 9 nitrogen and oxygen atoms in total. The van der Waals surface area contributed by atoms with Gasteiger partial charge in [0.25, 0.3) is 5.91 Å². The number of carbonyl (C=O) groups is 1. The van der Waals surface area contributed by atoms with Crippen molar-refractivity contribution in [2.75, 3.05) is 36.8 Å². The van der Waals surface area contributed by atoms with Crippen LogP contribution in [-0.4, -0.2) is 68.1 Å². The minimum atomic E-state index is -0.334. The third kappa shape index (κ3) is 6.86. The maximum Gasteiger partial charge on any atom is 0.274 e. The van der Waals surface area contributed by atoms with Gasteiger partial charge in [-0.1, -0.05) is 53.8 Å². The van der Waals surface area contributed by atoms with E-state index in [1.165, 1.54) is 11.3 Å². The number of likely N-dealkylation sites (tertiary alicyclic amines) is 1. The average Bonchev–Trinajstić information content (AvgIpc) is 3.43. The quantitative estimate of drug-likeness (QED) is 0.222. The predicted octanol–water partition coefficient (Wildman–Crippen LogP) is 5.36. The molecule has 3 aromatic heterocycles. The summed E-state index contributed by atoms with van der Waals surface area (Å²) in [5.41, 5.74) is 3.38. The Labute approximate surface area is 248 Å². The number of halogens is 1. The molecule has 5 aromatic rings. The van der Waals surface area contributed by atoms with Gasteiger partial charge in [0.15, 0.2) is 5.82 Å². The normalized spacial score (nSPS) is 14.0. The van der Waals surface area contributed by atoms with E-state index in [1.54, 1.807) is 12.3 Å². The largest absolute Gasteiger partial charge is 0.393 e. The minimum absolute atomic E-state index is 0. The number of aliphatic hydroxyl groups is 1. The maximum absolute atomic E-state index is 13.6. The van der Waals surface area contributed by atoms with Crippen molar-refractivity contribution in [3.8, 4) is 22.0 Å². The number of hydrogen-bond donors (Lipinski definition) is 3. The summed E-state index contributed by atoms with van der Waals surface area (Å²) in [5.74, 6) is 0.725. The number of para-hydroxylation sites is 1. The van der Waals surface area contributed by atoms with E-state index in [1.807, 2.05) is 66.7 Å². The number of hydrogen-bond acceptors (Lipinski definition) is 9. The topological polar surface area (TPSA) is 116 Å². The number of carbonyl (C=O) groups excluding carboxylic acids is 1. The molecule has 0 spiro atoms. The van der Waals surface area contributed by atoms with Gasteiger partial charge in [-0.25, -0.2) is 19.9 Å². The lowest BCUT2D eigenvalue weighted by molar-refractivity contribution is 0.0845. The van der Waals surface area contributed by atoms with E-state index < -0.39 is 0 Å². The summed E-state index contributed by atoms with van der Waals surface area (Å²) in [6, 6.07) is 22.7. The molecule has 1 aliphatic heterocycles. The average molecular weight is 588 g/mol. The molecule has 0 radical (unpaired) electrons. The van der Waals surface area contributed by atoms with E-state index in [-0.39, 0.29) is 30.1 Å². The van der Waals surface area contributed by atoms with E-state index in [9.17, 15) is 9.90 Å². The third-order valence-electron chi connectivity index (χ3n) is 6.85. The Hall–Kier alpha value is -3.96. The standard InChI is InChI=1S/C30H29N7O2S.ClH/c38-21-12-16-37(17-13-21)18-15-31-26-19-25(33-27(36-26)20-7-2-1-3-8-20)28(39)34-23-10-5-4-9-22(23)29-35-24-11-6-14-32-30(24)40-29;/h1-11,14,19,21,38H,12-13,15-18H2,(H,34,39)(H,31,33,36);1H. The molecule has 0 bridgehead atoms. The molecule has 1 amide bonds. The first kappa shape index (κ1) is 28.6. The lowest BCUT2D eigenvalue weighted by atomic mass is 10.1. The number of fused-ring (bicyclic) bond motifs is 1. The Morgan fingerprint density at radius 3 is 2.56 bits per heavy atom. The summed E-state index contributed by atoms with van der Waals surface area (Å²) in [7, 11) is 0. The monoisotopic (exact) mass is 587 g/mol. The predicted molar refractivity (Wildman–Crippen MR) is 166 cm³/mol. The van der Waals surface area contributed by atoms with Crippen molar-refractivity contribution in [3.63, 3.8) is 0 Å². The highest BCUT2D eigenvalue weighted by atomic mass is 35.5. The Morgan fingerprint density at radius 2 is 1.76 bits per heavy atom. The van der Waals surface area contributed by atoms with Gasteiger partial charge >= 0.3 is 0 Å². The molecule has 6 rings (SSSR count). The Balaban J connectivity index is 0.00000337. The zero-order valence-corrected chi connectivity index (χ0v) is 23.9. The highest BCUT2D eigenvalue weighted by Crippen LogP contribution is 2.34. The zero-order chi connectivity index (χ0) is 27.3. The van der Waals surface area contributed by atoms with Crippen molar-refractivity contribution in [2.45, 2.75) is 18.9 Å². The van der Waals surface area contributed by atoms with Gasteiger partial charge < -0.3 is 20.6 Å². The van der Waals surface area contributed by atoms with Crippen LogP contribution in [-0.2, 0) is 0 Å². The molecular weight excluding hydrogens is 558 g/mol. The summed E-state index contributed by atoms with van der Waals surface area (Å²) >= 11 is 1.48. The van der Waals surface area contributed by atoms with Crippen molar-refractivity contribution in [1.29, 1.82) is 0 Å². The Bertz CT molecular complexity index is 1590. The van der Waals surface area contributed by atoms with Gasteiger partial charge in [-0.05, 0) is 37.1 Å². The molecule has 1 fully saturated rings. The lowest BCUT2D eigenvalue weighted by Crippen LogP contribution is -2.38. The van der Waals surface area contributed by atoms with Crippen molar-refractivity contribution < 1.29 is 9.90 Å². The smallest absolute Gasteiger partial charge is 0.274 e. The second-order valence-corrected chi connectivity index (χ2v) is 10.7. The van der Waals surface area contributed by atoms with Crippen LogP contribution in [0.25, 0.3) is 32.3 Å². The van der Waals surface area contributed by atoms with E-state index in [4.69, 9.17) is 9.97 Å². The molecule has 0 saturated carbocycles. The molecule has 0 atom stereocenters.